The fourth-order valence-electron chi connectivity index (χ4n) is 2.62. The van der Waals surface area contributed by atoms with Crippen molar-refractivity contribution in [3.8, 4) is 5.75 Å². The van der Waals surface area contributed by atoms with Crippen LogP contribution in [-0.4, -0.2) is 78.8 Å². The number of hydrogen-bond acceptors (Lipinski definition) is 4. The van der Waals surface area contributed by atoms with E-state index in [-0.39, 0.29) is 30.9 Å². The van der Waals surface area contributed by atoms with Gasteiger partial charge in [-0.3, -0.25) is 14.4 Å². The Labute approximate surface area is 141 Å². The van der Waals surface area contributed by atoms with Gasteiger partial charge in [0.05, 0.1) is 6.54 Å². The fourth-order valence-corrected chi connectivity index (χ4v) is 2.62. The smallest absolute Gasteiger partial charge is 0.261 e. The van der Waals surface area contributed by atoms with Crippen LogP contribution in [0.2, 0.25) is 0 Å². The molecule has 0 N–H and O–H groups in total. The maximum Gasteiger partial charge on any atom is 0.261 e. The summed E-state index contributed by atoms with van der Waals surface area (Å²) in [5, 5.41) is 0. The minimum Gasteiger partial charge on any atom is -0.484 e. The van der Waals surface area contributed by atoms with E-state index in [9.17, 15) is 14.4 Å². The molecule has 0 spiro atoms. The van der Waals surface area contributed by atoms with Crippen LogP contribution in [-0.2, 0) is 14.4 Å². The number of hydrogen-bond donors (Lipinski definition) is 0. The molecule has 1 heterocycles. The third-order valence-electron chi connectivity index (χ3n) is 3.98. The summed E-state index contributed by atoms with van der Waals surface area (Å²) in [7, 11) is 3.27. The number of ether oxygens (including phenoxy) is 1. The first-order valence-electron chi connectivity index (χ1n) is 7.84. The van der Waals surface area contributed by atoms with Gasteiger partial charge in [0.2, 0.25) is 11.8 Å². The van der Waals surface area contributed by atoms with Gasteiger partial charge in [-0.25, -0.2) is 0 Å². The van der Waals surface area contributed by atoms with Crippen LogP contribution < -0.4 is 4.74 Å². The van der Waals surface area contributed by atoms with Crippen LogP contribution in [0.1, 0.15) is 6.92 Å². The van der Waals surface area contributed by atoms with Gasteiger partial charge >= 0.3 is 0 Å². The fraction of sp³-hybridized carbons (Fsp3) is 0.471. The monoisotopic (exact) mass is 333 g/mol. The number of amides is 3. The molecule has 0 radical (unpaired) electrons. The number of piperazine rings is 1. The lowest BCUT2D eigenvalue weighted by Gasteiger charge is -2.41. The largest absolute Gasteiger partial charge is 0.484 e. The van der Waals surface area contributed by atoms with E-state index in [0.29, 0.717) is 18.8 Å². The van der Waals surface area contributed by atoms with E-state index in [0.717, 1.165) is 0 Å². The van der Waals surface area contributed by atoms with Gasteiger partial charge in [0.1, 0.15) is 11.8 Å². The average molecular weight is 333 g/mol. The third-order valence-corrected chi connectivity index (χ3v) is 3.98. The van der Waals surface area contributed by atoms with Crippen molar-refractivity contribution in [1.82, 2.24) is 14.7 Å². The van der Waals surface area contributed by atoms with Gasteiger partial charge in [-0.05, 0) is 12.1 Å². The minimum absolute atomic E-state index is 0.0980. The number of carbonyl (C=O) groups excluding carboxylic acids is 3. The highest BCUT2D eigenvalue weighted by atomic mass is 16.5. The highest BCUT2D eigenvalue weighted by Gasteiger charge is 2.36. The zero-order valence-electron chi connectivity index (χ0n) is 14.3. The average Bonchev–Trinajstić information content (AvgIpc) is 2.59. The lowest BCUT2D eigenvalue weighted by atomic mass is 10.1. The summed E-state index contributed by atoms with van der Waals surface area (Å²) in [4.78, 5) is 41.1. The molecule has 1 atom stereocenters. The molecular formula is C17H23N3O4. The summed E-state index contributed by atoms with van der Waals surface area (Å²) in [5.41, 5.74) is 0. The van der Waals surface area contributed by atoms with E-state index < -0.39 is 6.04 Å². The predicted molar refractivity (Wildman–Crippen MR) is 88.4 cm³/mol. The molecule has 1 aliphatic rings. The first kappa shape index (κ1) is 17.8. The van der Waals surface area contributed by atoms with Crippen LogP contribution in [0.3, 0.4) is 0 Å². The minimum atomic E-state index is -0.676. The summed E-state index contributed by atoms with van der Waals surface area (Å²) >= 11 is 0. The molecule has 7 heteroatoms. The molecule has 3 amide bonds. The predicted octanol–water partition coefficient (Wildman–Crippen LogP) is 0.213. The van der Waals surface area contributed by atoms with Gasteiger partial charge in [0.25, 0.3) is 5.91 Å². The Morgan fingerprint density at radius 3 is 2.42 bits per heavy atom. The van der Waals surface area contributed by atoms with Gasteiger partial charge in [0, 0.05) is 34.1 Å². The molecule has 1 unspecified atom stereocenters. The summed E-state index contributed by atoms with van der Waals surface area (Å²) in [6, 6.07) is 8.37. The van der Waals surface area contributed by atoms with Crippen LogP contribution in [0, 0.1) is 0 Å². The topological polar surface area (TPSA) is 70.2 Å². The number of likely N-dealkylation sites (N-methyl/N-ethyl adjacent to an activating group) is 1. The Hall–Kier alpha value is -2.57. The second kappa shape index (κ2) is 7.81. The normalized spacial score (nSPS) is 17.4. The quantitative estimate of drug-likeness (QED) is 0.790. The Balaban J connectivity index is 2.06. The highest BCUT2D eigenvalue weighted by Crippen LogP contribution is 2.14. The molecule has 1 saturated heterocycles. The van der Waals surface area contributed by atoms with Gasteiger partial charge in [-0.15, -0.1) is 0 Å². The van der Waals surface area contributed by atoms with Crippen molar-refractivity contribution < 1.29 is 19.1 Å². The Morgan fingerprint density at radius 2 is 1.83 bits per heavy atom. The molecular weight excluding hydrogens is 310 g/mol. The number of rotatable bonds is 4. The van der Waals surface area contributed by atoms with Crippen molar-refractivity contribution >= 4 is 17.7 Å². The standard InChI is InChI=1S/C17H23N3O4/c1-13(21)19-9-10-20(15(11-19)17(23)18(2)3)16(22)12-24-14-7-5-4-6-8-14/h4-8,15H,9-12H2,1-3H3. The van der Waals surface area contributed by atoms with E-state index in [1.54, 1.807) is 31.1 Å². The van der Waals surface area contributed by atoms with E-state index in [1.807, 2.05) is 18.2 Å². The molecule has 2 rings (SSSR count). The van der Waals surface area contributed by atoms with Crippen molar-refractivity contribution in [2.45, 2.75) is 13.0 Å². The molecule has 24 heavy (non-hydrogen) atoms. The molecule has 0 saturated carbocycles. The van der Waals surface area contributed by atoms with Crippen molar-refractivity contribution in [3.05, 3.63) is 30.3 Å². The summed E-state index contributed by atoms with van der Waals surface area (Å²) in [5.74, 6) is 0.0409. The maximum atomic E-state index is 12.5. The van der Waals surface area contributed by atoms with Crippen molar-refractivity contribution in [1.29, 1.82) is 0 Å². The van der Waals surface area contributed by atoms with Crippen LogP contribution in [0.5, 0.6) is 5.75 Å². The molecule has 7 nitrogen and oxygen atoms in total. The first-order valence-corrected chi connectivity index (χ1v) is 7.84. The van der Waals surface area contributed by atoms with Gasteiger partial charge in [-0.1, -0.05) is 18.2 Å². The van der Waals surface area contributed by atoms with Gasteiger partial charge < -0.3 is 19.4 Å². The lowest BCUT2D eigenvalue weighted by molar-refractivity contribution is -0.152. The lowest BCUT2D eigenvalue weighted by Crippen LogP contribution is -2.61. The number of para-hydroxylation sites is 1. The van der Waals surface area contributed by atoms with Gasteiger partial charge in [-0.2, -0.15) is 0 Å². The second-order valence-electron chi connectivity index (χ2n) is 5.90. The van der Waals surface area contributed by atoms with E-state index >= 15 is 0 Å². The molecule has 1 aliphatic heterocycles. The molecule has 1 aromatic carbocycles. The second-order valence-corrected chi connectivity index (χ2v) is 5.90. The van der Waals surface area contributed by atoms with Crippen LogP contribution >= 0.6 is 0 Å². The highest BCUT2D eigenvalue weighted by molar-refractivity contribution is 5.89. The SMILES string of the molecule is CC(=O)N1CCN(C(=O)COc2ccccc2)C(C(=O)N(C)C)C1. The maximum absolute atomic E-state index is 12.5. The van der Waals surface area contributed by atoms with Crippen molar-refractivity contribution in [3.63, 3.8) is 0 Å². The number of carbonyl (C=O) groups is 3. The molecule has 0 bridgehead atoms. The molecule has 0 aromatic heterocycles. The summed E-state index contributed by atoms with van der Waals surface area (Å²) < 4.78 is 5.49. The Kier molecular flexibility index (Phi) is 5.78. The third kappa shape index (κ3) is 4.24. The first-order chi connectivity index (χ1) is 11.4. The van der Waals surface area contributed by atoms with E-state index in [2.05, 4.69) is 0 Å². The zero-order chi connectivity index (χ0) is 17.7. The summed E-state index contributed by atoms with van der Waals surface area (Å²) in [6.45, 7) is 2.28. The number of nitrogens with zero attached hydrogens (tertiary/aromatic N) is 3. The molecule has 0 aliphatic carbocycles. The molecule has 130 valence electrons. The van der Waals surface area contributed by atoms with E-state index in [1.165, 1.54) is 16.7 Å². The van der Waals surface area contributed by atoms with Crippen molar-refractivity contribution in [2.75, 3.05) is 40.3 Å². The zero-order valence-corrected chi connectivity index (χ0v) is 14.3. The summed E-state index contributed by atoms with van der Waals surface area (Å²) in [6.07, 6.45) is 0. The number of benzene rings is 1. The Morgan fingerprint density at radius 1 is 1.17 bits per heavy atom. The molecule has 1 aromatic rings. The Bertz CT molecular complexity index is 603. The van der Waals surface area contributed by atoms with Crippen LogP contribution in [0.15, 0.2) is 30.3 Å². The van der Waals surface area contributed by atoms with Crippen molar-refractivity contribution in [2.24, 2.45) is 0 Å². The van der Waals surface area contributed by atoms with Gasteiger partial charge in [0.15, 0.2) is 6.61 Å². The van der Waals surface area contributed by atoms with E-state index in [4.69, 9.17) is 4.74 Å². The van der Waals surface area contributed by atoms with Crippen LogP contribution in [0.25, 0.3) is 0 Å². The van der Waals surface area contributed by atoms with Crippen LogP contribution in [0.4, 0.5) is 0 Å². The molecule has 1 fully saturated rings.